The van der Waals surface area contributed by atoms with Crippen LogP contribution in [0.4, 0.5) is 0 Å². The van der Waals surface area contributed by atoms with Gasteiger partial charge in [0.25, 0.3) is 0 Å². The predicted molar refractivity (Wildman–Crippen MR) is 70.6 cm³/mol. The Bertz CT molecular complexity index is 384. The van der Waals surface area contributed by atoms with Crippen molar-refractivity contribution in [3.63, 3.8) is 0 Å². The summed E-state index contributed by atoms with van der Waals surface area (Å²) in [5.41, 5.74) is 0. The summed E-state index contributed by atoms with van der Waals surface area (Å²) in [6.07, 6.45) is -0.296. The van der Waals surface area contributed by atoms with Crippen molar-refractivity contribution in [3.05, 3.63) is 60.7 Å². The second kappa shape index (κ2) is 6.38. The molecule has 0 aliphatic heterocycles. The summed E-state index contributed by atoms with van der Waals surface area (Å²) in [5.74, 6) is 0. The van der Waals surface area contributed by atoms with E-state index >= 15 is 0 Å². The molecule has 0 saturated carbocycles. The van der Waals surface area contributed by atoms with E-state index in [1.165, 1.54) is 10.6 Å². The van der Waals surface area contributed by atoms with E-state index in [0.29, 0.717) is 0 Å². The molecule has 0 bridgehead atoms. The maximum absolute atomic E-state index is 3.27. The van der Waals surface area contributed by atoms with Crippen LogP contribution in [0.15, 0.2) is 60.7 Å². The van der Waals surface area contributed by atoms with E-state index in [2.05, 4.69) is 75.8 Å². The van der Waals surface area contributed by atoms with Crippen molar-refractivity contribution in [2.75, 3.05) is 0 Å². The van der Waals surface area contributed by atoms with Gasteiger partial charge in [0.1, 0.15) is 0 Å². The Morgan fingerprint density at radius 3 is 1.33 bits per heavy atom. The van der Waals surface area contributed by atoms with Gasteiger partial charge in [0.2, 0.25) is 0 Å². The fourth-order valence-corrected chi connectivity index (χ4v) is 3.99. The van der Waals surface area contributed by atoms with Crippen LogP contribution < -0.4 is 10.6 Å². The van der Waals surface area contributed by atoms with Crippen LogP contribution in [0.5, 0.6) is 0 Å². The minimum atomic E-state index is -0.296. The third-order valence-corrected chi connectivity index (χ3v) is 6.17. The Morgan fingerprint density at radius 1 is 0.667 bits per heavy atom. The molecular formula is C12H10PSe2+. The molecule has 0 saturated heterocycles. The fraction of sp³-hybridized carbons (Fsp3) is 0. The summed E-state index contributed by atoms with van der Waals surface area (Å²) in [6.45, 7) is 0. The van der Waals surface area contributed by atoms with Crippen molar-refractivity contribution >= 4 is 48.9 Å². The molecule has 0 aromatic heterocycles. The summed E-state index contributed by atoms with van der Waals surface area (Å²) in [6, 6.07) is 21.2. The van der Waals surface area contributed by atoms with Gasteiger partial charge in [-0.15, -0.1) is 0 Å². The fourth-order valence-electron chi connectivity index (χ4n) is 1.28. The van der Waals surface area contributed by atoms with Gasteiger partial charge in [-0.3, -0.25) is 0 Å². The molecule has 0 amide bonds. The van der Waals surface area contributed by atoms with Crippen molar-refractivity contribution in [1.82, 2.24) is 0 Å². The molecule has 2 rings (SSSR count). The first-order valence-electron chi connectivity index (χ1n) is 4.45. The van der Waals surface area contributed by atoms with Gasteiger partial charge in [-0.1, -0.05) is 0 Å². The van der Waals surface area contributed by atoms with Crippen molar-refractivity contribution in [3.8, 4) is 0 Å². The summed E-state index contributed by atoms with van der Waals surface area (Å²) < 4.78 is 0. The van der Waals surface area contributed by atoms with Crippen LogP contribution in [-0.2, 0) is 0 Å². The van der Waals surface area contributed by atoms with Crippen molar-refractivity contribution in [2.24, 2.45) is 0 Å². The van der Waals surface area contributed by atoms with Crippen LogP contribution in [0.25, 0.3) is 0 Å². The molecule has 0 spiro atoms. The average molecular weight is 343 g/mol. The van der Waals surface area contributed by atoms with Crippen molar-refractivity contribution in [1.29, 1.82) is 0 Å². The van der Waals surface area contributed by atoms with Crippen LogP contribution in [0, 0.1) is 0 Å². The van der Waals surface area contributed by atoms with Crippen molar-refractivity contribution in [2.45, 2.75) is 0 Å². The molecular weight excluding hydrogens is 333 g/mol. The molecule has 0 fully saturated rings. The first-order valence-corrected chi connectivity index (χ1v) is 8.01. The molecule has 2 aromatic rings. The zero-order valence-electron chi connectivity index (χ0n) is 8.04. The molecule has 0 N–H and O–H groups in total. The minimum absolute atomic E-state index is 0. The molecule has 0 unspecified atom stereocenters. The second-order valence-corrected chi connectivity index (χ2v) is 6.89. The molecule has 3 heteroatoms. The van der Waals surface area contributed by atoms with Crippen LogP contribution in [0.3, 0.4) is 0 Å². The zero-order chi connectivity index (χ0) is 9.80. The molecule has 0 heterocycles. The Morgan fingerprint density at radius 2 is 1.00 bits per heavy atom. The van der Waals surface area contributed by atoms with E-state index in [0.717, 1.165) is 0 Å². The zero-order valence-corrected chi connectivity index (χ0v) is 12.4. The number of benzene rings is 2. The first-order chi connectivity index (χ1) is 6.88. The van der Waals surface area contributed by atoms with Gasteiger partial charge >= 0.3 is 92.5 Å². The van der Waals surface area contributed by atoms with E-state index in [4.69, 9.17) is 0 Å². The Hall–Kier alpha value is -0.221. The van der Waals surface area contributed by atoms with Crippen LogP contribution >= 0.6 is 6.17 Å². The molecule has 2 radical (unpaired) electrons. The SMILES string of the molecule is [Se].[Se]=[P+](c1ccccc1)c1ccccc1. The van der Waals surface area contributed by atoms with E-state index in [1.807, 2.05) is 0 Å². The molecule has 0 nitrogen and oxygen atoms in total. The van der Waals surface area contributed by atoms with Gasteiger partial charge in [-0.05, 0) is 0 Å². The monoisotopic (exact) mass is 345 g/mol. The van der Waals surface area contributed by atoms with Gasteiger partial charge in [0.05, 0.1) is 0 Å². The molecule has 2 aromatic carbocycles. The molecule has 0 aliphatic rings. The third-order valence-electron chi connectivity index (χ3n) is 1.98. The van der Waals surface area contributed by atoms with Gasteiger partial charge < -0.3 is 0 Å². The van der Waals surface area contributed by atoms with Crippen LogP contribution in [0.2, 0.25) is 0 Å². The number of hydrogen-bond acceptors (Lipinski definition) is 0. The summed E-state index contributed by atoms with van der Waals surface area (Å²) in [7, 11) is 0. The summed E-state index contributed by atoms with van der Waals surface area (Å²) in [4.78, 5) is 0. The van der Waals surface area contributed by atoms with Crippen molar-refractivity contribution < 1.29 is 0 Å². The molecule has 0 aliphatic carbocycles. The Kier molecular flexibility index (Phi) is 5.46. The molecule has 0 atom stereocenters. The van der Waals surface area contributed by atoms with E-state index < -0.39 is 0 Å². The molecule has 74 valence electrons. The van der Waals surface area contributed by atoms with Gasteiger partial charge in [-0.25, -0.2) is 0 Å². The number of rotatable bonds is 2. The van der Waals surface area contributed by atoms with E-state index in [-0.39, 0.29) is 23.2 Å². The first kappa shape index (κ1) is 12.8. The van der Waals surface area contributed by atoms with Gasteiger partial charge in [-0.2, -0.15) is 0 Å². The third kappa shape index (κ3) is 3.38. The summed E-state index contributed by atoms with van der Waals surface area (Å²) in [5, 5.41) is 2.77. The van der Waals surface area contributed by atoms with E-state index in [9.17, 15) is 0 Å². The van der Waals surface area contributed by atoms with Gasteiger partial charge in [0.15, 0.2) is 0 Å². The van der Waals surface area contributed by atoms with E-state index in [1.54, 1.807) is 0 Å². The maximum atomic E-state index is 3.27. The predicted octanol–water partition coefficient (Wildman–Crippen LogP) is 1.82. The Balaban J connectivity index is 0.00000112. The quantitative estimate of drug-likeness (QED) is 0.577. The van der Waals surface area contributed by atoms with Crippen LogP contribution in [-0.4, -0.2) is 32.2 Å². The normalized spacial score (nSPS) is 9.07. The molecule has 15 heavy (non-hydrogen) atoms. The number of hydrogen-bond donors (Lipinski definition) is 0. The Labute approximate surface area is 109 Å². The topological polar surface area (TPSA) is 0 Å². The average Bonchev–Trinajstić information content (AvgIpc) is 2.30. The van der Waals surface area contributed by atoms with Crippen LogP contribution in [0.1, 0.15) is 0 Å². The van der Waals surface area contributed by atoms with Gasteiger partial charge in [0, 0.05) is 17.1 Å². The summed E-state index contributed by atoms with van der Waals surface area (Å²) >= 11 is 3.27. The standard InChI is InChI=1S/C12H10PSe.Se/c14-13(11-7-3-1-4-8-11)12-9-5-2-6-10-12;/h1-10H;/q+1;. The second-order valence-electron chi connectivity index (χ2n) is 2.97.